The van der Waals surface area contributed by atoms with Crippen LogP contribution in [0.25, 0.3) is 0 Å². The monoisotopic (exact) mass is 426 g/mol. The molecule has 0 saturated carbocycles. The summed E-state index contributed by atoms with van der Waals surface area (Å²) in [4.78, 5) is 25.3. The lowest BCUT2D eigenvalue weighted by atomic mass is 10.00. The maximum atomic E-state index is 12.6. The number of sulfone groups is 1. The molecule has 2 aliphatic heterocycles. The zero-order chi connectivity index (χ0) is 21.8. The van der Waals surface area contributed by atoms with Crippen LogP contribution >= 0.6 is 0 Å². The van der Waals surface area contributed by atoms with E-state index < -0.39 is 21.1 Å². The van der Waals surface area contributed by atoms with Crippen LogP contribution in [0, 0.1) is 5.92 Å². The topological polar surface area (TPSA) is 104 Å². The first-order valence-electron chi connectivity index (χ1n) is 9.54. The van der Waals surface area contributed by atoms with Crippen LogP contribution in [0.15, 0.2) is 24.3 Å². The van der Waals surface area contributed by atoms with Gasteiger partial charge in [-0.05, 0) is 32.1 Å². The molecule has 1 N–H and O–H groups in total. The van der Waals surface area contributed by atoms with Crippen molar-refractivity contribution >= 4 is 21.7 Å². The second-order valence-corrected chi connectivity index (χ2v) is 9.96. The third-order valence-electron chi connectivity index (χ3n) is 5.48. The first-order chi connectivity index (χ1) is 13.6. The fraction of sp³-hybridized carbons (Fsp3) is 0.600. The number of ether oxygens (including phenoxy) is 1. The van der Waals surface area contributed by atoms with Gasteiger partial charge in [-0.2, -0.15) is 0 Å². The highest BCUT2D eigenvalue weighted by atomic mass is 32.2. The molecule has 3 atom stereocenters. The number of nitrogens with zero attached hydrogens (tertiary/aromatic N) is 2. The highest BCUT2D eigenvalue weighted by Gasteiger charge is 2.53. The maximum absolute atomic E-state index is 12.6. The lowest BCUT2D eigenvalue weighted by molar-refractivity contribution is -0.134. The number of aryl methyl sites for hydroxylation is 1. The minimum absolute atomic E-state index is 0.00187. The molecule has 9 heteroatoms. The number of hydrogen-bond donors (Lipinski definition) is 1. The van der Waals surface area contributed by atoms with Crippen LogP contribution in [0.3, 0.4) is 0 Å². The van der Waals surface area contributed by atoms with Crippen molar-refractivity contribution in [1.29, 1.82) is 0 Å². The van der Waals surface area contributed by atoms with E-state index in [0.717, 1.165) is 18.2 Å². The van der Waals surface area contributed by atoms with Crippen molar-refractivity contribution in [3.8, 4) is 5.75 Å². The Morgan fingerprint density at radius 3 is 2.45 bits per heavy atom. The summed E-state index contributed by atoms with van der Waals surface area (Å²) in [7, 11) is 2.32. The van der Waals surface area contributed by atoms with Gasteiger partial charge in [0.15, 0.2) is 9.84 Å². The third-order valence-corrected chi connectivity index (χ3v) is 7.71. The smallest absolute Gasteiger partial charge is 0.300 e. The molecule has 2 fully saturated rings. The Morgan fingerprint density at radius 1 is 1.24 bits per heavy atom. The van der Waals surface area contributed by atoms with Crippen LogP contribution in [-0.2, 0) is 25.8 Å². The first kappa shape index (κ1) is 23.2. The minimum Gasteiger partial charge on any atom is -0.496 e. The van der Waals surface area contributed by atoms with Crippen LogP contribution in [0.4, 0.5) is 0 Å². The van der Waals surface area contributed by atoms with E-state index in [-0.39, 0.29) is 23.6 Å². The predicted octanol–water partition coefficient (Wildman–Crippen LogP) is 0.904. The van der Waals surface area contributed by atoms with Gasteiger partial charge < -0.3 is 19.6 Å². The summed E-state index contributed by atoms with van der Waals surface area (Å²) in [6.07, 6.45) is 0.963. The van der Waals surface area contributed by atoms with Gasteiger partial charge in [-0.15, -0.1) is 0 Å². The van der Waals surface area contributed by atoms with Gasteiger partial charge in [-0.25, -0.2) is 8.42 Å². The van der Waals surface area contributed by atoms with Crippen molar-refractivity contribution in [2.75, 3.05) is 40.0 Å². The van der Waals surface area contributed by atoms with Crippen LogP contribution in [0.5, 0.6) is 5.75 Å². The number of benzene rings is 1. The number of carboxylic acids is 1. The summed E-state index contributed by atoms with van der Waals surface area (Å²) < 4.78 is 30.1. The molecule has 0 spiro atoms. The summed E-state index contributed by atoms with van der Waals surface area (Å²) in [5, 5.41) is 7.01. The molecule has 0 aromatic heterocycles. The van der Waals surface area contributed by atoms with Gasteiger partial charge >= 0.3 is 0 Å². The summed E-state index contributed by atoms with van der Waals surface area (Å²) in [6.45, 7) is 1.96. The Kier molecular flexibility index (Phi) is 7.65. The zero-order valence-electron chi connectivity index (χ0n) is 17.4. The molecule has 2 heterocycles. The number of para-hydroxylation sites is 1. The molecule has 2 aliphatic rings. The van der Waals surface area contributed by atoms with Crippen LogP contribution in [0.2, 0.25) is 0 Å². The molecule has 0 bridgehead atoms. The van der Waals surface area contributed by atoms with Crippen molar-refractivity contribution < 1.29 is 27.9 Å². The second kappa shape index (κ2) is 9.58. The van der Waals surface area contributed by atoms with E-state index in [2.05, 4.69) is 0 Å². The molecule has 2 saturated heterocycles. The van der Waals surface area contributed by atoms with E-state index >= 15 is 0 Å². The minimum atomic E-state index is -3.12. The average molecular weight is 427 g/mol. The first-order valence-corrected chi connectivity index (χ1v) is 11.3. The quantitative estimate of drug-likeness (QED) is 0.746. The number of methoxy groups -OCH3 is 1. The number of likely N-dealkylation sites (tertiary alicyclic amines) is 1. The summed E-state index contributed by atoms with van der Waals surface area (Å²) in [5.41, 5.74) is 0.997. The molecule has 29 heavy (non-hydrogen) atoms. The third kappa shape index (κ3) is 5.70. The summed E-state index contributed by atoms with van der Waals surface area (Å²) in [5.74, 6) is 0.200. The highest BCUT2D eigenvalue weighted by molar-refractivity contribution is 7.92. The number of carbonyl (C=O) groups excluding carboxylic acids is 1. The van der Waals surface area contributed by atoms with Gasteiger partial charge in [0, 0.05) is 38.4 Å². The van der Waals surface area contributed by atoms with Gasteiger partial charge in [-0.3, -0.25) is 9.59 Å². The van der Waals surface area contributed by atoms with E-state index in [1.165, 1.54) is 0 Å². The van der Waals surface area contributed by atoms with Crippen molar-refractivity contribution in [2.24, 2.45) is 5.92 Å². The molecular weight excluding hydrogens is 396 g/mol. The number of amides is 1. The molecule has 1 amide bonds. The number of carbonyl (C=O) groups is 2. The standard InChI is InChI=1S/C18H26N2O4S.C2H4O2/c1-19(2)15-12-25(22,23)17-11-20(10-14(15)17)18(21)9-8-13-6-4-5-7-16(13)24-3;1-2(3)4/h4-7,14-15,17H,8-12H2,1-3H3;1H3,(H,3,4)/t14-,15+,17-;/m0./s1. The van der Waals surface area contributed by atoms with Gasteiger partial charge in [0.2, 0.25) is 5.91 Å². The number of fused-ring (bicyclic) bond motifs is 1. The van der Waals surface area contributed by atoms with Crippen LogP contribution < -0.4 is 4.74 Å². The Morgan fingerprint density at radius 2 is 1.86 bits per heavy atom. The number of carboxylic acid groups (broad SMARTS) is 1. The van der Waals surface area contributed by atoms with Crippen molar-refractivity contribution in [1.82, 2.24) is 9.80 Å². The van der Waals surface area contributed by atoms with E-state index in [9.17, 15) is 13.2 Å². The molecule has 0 radical (unpaired) electrons. The van der Waals surface area contributed by atoms with E-state index in [0.29, 0.717) is 25.9 Å². The Bertz CT molecular complexity index is 835. The van der Waals surface area contributed by atoms with Crippen molar-refractivity contribution in [3.05, 3.63) is 29.8 Å². The molecule has 0 unspecified atom stereocenters. The van der Waals surface area contributed by atoms with Crippen LogP contribution in [0.1, 0.15) is 18.9 Å². The second-order valence-electron chi connectivity index (χ2n) is 7.69. The van der Waals surface area contributed by atoms with Crippen molar-refractivity contribution in [2.45, 2.75) is 31.1 Å². The zero-order valence-corrected chi connectivity index (χ0v) is 18.2. The molecule has 1 aromatic rings. The molecule has 8 nitrogen and oxygen atoms in total. The summed E-state index contributed by atoms with van der Waals surface area (Å²) in [6, 6.07) is 7.67. The largest absolute Gasteiger partial charge is 0.496 e. The van der Waals surface area contributed by atoms with Gasteiger partial charge in [0.1, 0.15) is 5.75 Å². The van der Waals surface area contributed by atoms with Crippen LogP contribution in [-0.4, -0.2) is 86.5 Å². The number of rotatable bonds is 5. The lowest BCUT2D eigenvalue weighted by Gasteiger charge is -2.25. The van der Waals surface area contributed by atoms with Gasteiger partial charge in [0.25, 0.3) is 5.97 Å². The normalized spacial score (nSPS) is 24.6. The molecule has 162 valence electrons. The predicted molar refractivity (Wildman–Crippen MR) is 110 cm³/mol. The molecule has 0 aliphatic carbocycles. The molecule has 3 rings (SSSR count). The Hall–Kier alpha value is -2.13. The number of aliphatic carboxylic acids is 1. The fourth-order valence-corrected chi connectivity index (χ4v) is 6.55. The Labute approximate surface area is 172 Å². The summed E-state index contributed by atoms with van der Waals surface area (Å²) >= 11 is 0. The van der Waals surface area contributed by atoms with E-state index in [1.54, 1.807) is 12.0 Å². The SMILES string of the molecule is CC(=O)O.COc1ccccc1CCC(=O)N1C[C@H]2[C@H](N(C)C)CS(=O)(=O)[C@H]2C1. The number of hydrogen-bond acceptors (Lipinski definition) is 6. The molecule has 1 aromatic carbocycles. The van der Waals surface area contributed by atoms with E-state index in [4.69, 9.17) is 14.6 Å². The van der Waals surface area contributed by atoms with Gasteiger partial charge in [0.05, 0.1) is 18.1 Å². The Balaban J connectivity index is 0.000000687. The maximum Gasteiger partial charge on any atom is 0.300 e. The highest BCUT2D eigenvalue weighted by Crippen LogP contribution is 2.36. The fourth-order valence-electron chi connectivity index (χ4n) is 4.08. The average Bonchev–Trinajstić information content (AvgIpc) is 3.19. The van der Waals surface area contributed by atoms with Gasteiger partial charge in [-0.1, -0.05) is 18.2 Å². The molecular formula is C20H30N2O6S. The lowest BCUT2D eigenvalue weighted by Crippen LogP contribution is -2.38. The van der Waals surface area contributed by atoms with Crippen molar-refractivity contribution in [3.63, 3.8) is 0 Å². The van der Waals surface area contributed by atoms with E-state index in [1.807, 2.05) is 43.3 Å².